The maximum absolute atomic E-state index is 6.21. The minimum Gasteiger partial charge on any atom is -0.383 e. The Labute approximate surface area is 133 Å². The molecule has 0 spiro atoms. The molecular formula is C17H40N4. The lowest BCUT2D eigenvalue weighted by Gasteiger charge is -2.40. The van der Waals surface area contributed by atoms with E-state index < -0.39 is 0 Å². The van der Waals surface area contributed by atoms with E-state index in [0.717, 1.165) is 5.70 Å². The number of nitrogens with one attached hydrogen (secondary N) is 3. The summed E-state index contributed by atoms with van der Waals surface area (Å²) in [5, 5.41) is 3.46. The number of hydrogen-bond donors (Lipinski definition) is 4. The average Bonchev–Trinajstić information content (AvgIpc) is 2.35. The minimum absolute atomic E-state index is 0.0465. The van der Waals surface area contributed by atoms with Crippen molar-refractivity contribution in [3.63, 3.8) is 0 Å². The summed E-state index contributed by atoms with van der Waals surface area (Å²) in [4.78, 5) is 0. The number of hydrazine groups is 1. The molecule has 5 N–H and O–H groups in total. The molecule has 0 bridgehead atoms. The molecule has 0 amide bonds. The van der Waals surface area contributed by atoms with Gasteiger partial charge in [0, 0.05) is 35.4 Å². The Morgan fingerprint density at radius 3 is 1.71 bits per heavy atom. The smallest absolute Gasteiger partial charge is 0.0486 e. The number of nitrogens with two attached hydrogens (primary N) is 1. The molecule has 0 aliphatic carbocycles. The first kappa shape index (κ1) is 22.5. The van der Waals surface area contributed by atoms with Gasteiger partial charge in [0.2, 0.25) is 0 Å². The number of hydrogen-bond acceptors (Lipinski definition) is 4. The fourth-order valence-electron chi connectivity index (χ4n) is 1.27. The van der Waals surface area contributed by atoms with E-state index in [-0.39, 0.29) is 16.5 Å². The quantitative estimate of drug-likeness (QED) is 0.544. The molecule has 0 unspecified atom stereocenters. The topological polar surface area (TPSA) is 62.1 Å². The van der Waals surface area contributed by atoms with Crippen molar-refractivity contribution in [2.45, 2.75) is 80.3 Å². The first-order chi connectivity index (χ1) is 9.36. The summed E-state index contributed by atoms with van der Waals surface area (Å²) in [6.45, 7) is 21.2. The van der Waals surface area contributed by atoms with Gasteiger partial charge in [-0.2, -0.15) is 0 Å². The van der Waals surface area contributed by atoms with Crippen LogP contribution in [0.5, 0.6) is 0 Å². The molecular weight excluding hydrogens is 260 g/mol. The third kappa shape index (κ3) is 6.70. The Kier molecular flexibility index (Phi) is 9.28. The van der Waals surface area contributed by atoms with E-state index in [1.54, 1.807) is 0 Å². The molecule has 4 heteroatoms. The molecule has 0 aliphatic heterocycles. The summed E-state index contributed by atoms with van der Waals surface area (Å²) >= 11 is 0. The highest BCUT2D eigenvalue weighted by Gasteiger charge is 2.33. The van der Waals surface area contributed by atoms with E-state index in [1.807, 2.05) is 40.9 Å². The Hall–Kier alpha value is -0.740. The van der Waals surface area contributed by atoms with E-state index in [1.165, 1.54) is 0 Å². The zero-order chi connectivity index (χ0) is 17.5. The van der Waals surface area contributed by atoms with Crippen molar-refractivity contribution >= 4 is 0 Å². The molecule has 0 radical (unpaired) electrons. The molecule has 0 saturated heterocycles. The van der Waals surface area contributed by atoms with Crippen LogP contribution in [0.15, 0.2) is 11.9 Å². The lowest BCUT2D eigenvalue weighted by Crippen LogP contribution is -2.59. The highest BCUT2D eigenvalue weighted by Crippen LogP contribution is 2.32. The first-order valence-electron chi connectivity index (χ1n) is 8.06. The molecule has 0 aromatic carbocycles. The fourth-order valence-corrected chi connectivity index (χ4v) is 1.27. The van der Waals surface area contributed by atoms with Crippen LogP contribution >= 0.6 is 0 Å². The Balaban J connectivity index is 0. The molecule has 0 atom stereocenters. The average molecular weight is 301 g/mol. The van der Waals surface area contributed by atoms with Gasteiger partial charge in [-0.1, -0.05) is 41.5 Å². The second-order valence-corrected chi connectivity index (χ2v) is 7.30. The zero-order valence-electron chi connectivity index (χ0n) is 16.2. The second-order valence-electron chi connectivity index (χ2n) is 7.30. The van der Waals surface area contributed by atoms with Crippen LogP contribution < -0.4 is 21.9 Å². The molecule has 0 fully saturated rings. The summed E-state index contributed by atoms with van der Waals surface area (Å²) in [6, 6.07) is 0. The molecule has 0 heterocycles. The van der Waals surface area contributed by atoms with Crippen LogP contribution in [-0.2, 0) is 0 Å². The summed E-state index contributed by atoms with van der Waals surface area (Å²) in [5.41, 5.74) is 13.1. The summed E-state index contributed by atoms with van der Waals surface area (Å²) in [7, 11) is 1.88. The summed E-state index contributed by atoms with van der Waals surface area (Å²) < 4.78 is 0. The Morgan fingerprint density at radius 2 is 1.43 bits per heavy atom. The van der Waals surface area contributed by atoms with Gasteiger partial charge in [0.05, 0.1) is 0 Å². The highest BCUT2D eigenvalue weighted by molar-refractivity contribution is 5.12. The van der Waals surface area contributed by atoms with Crippen molar-refractivity contribution < 1.29 is 0 Å². The highest BCUT2D eigenvalue weighted by atomic mass is 15.3. The van der Waals surface area contributed by atoms with Crippen molar-refractivity contribution in [2.75, 3.05) is 7.05 Å². The molecule has 128 valence electrons. The van der Waals surface area contributed by atoms with Gasteiger partial charge in [0.1, 0.15) is 0 Å². The zero-order valence-corrected chi connectivity index (χ0v) is 16.2. The molecule has 0 aliphatic rings. The van der Waals surface area contributed by atoms with E-state index in [2.05, 4.69) is 57.7 Å². The van der Waals surface area contributed by atoms with Crippen LogP contribution in [0.1, 0.15) is 69.2 Å². The molecule has 0 rings (SSSR count). The van der Waals surface area contributed by atoms with Gasteiger partial charge in [-0.15, -0.1) is 0 Å². The van der Waals surface area contributed by atoms with Gasteiger partial charge in [-0.3, -0.25) is 0 Å². The SMILES string of the molecule is CC.CNN/C(=C\NC(C)(C)C(C)(C)N)C(C)(C)C(C)C. The van der Waals surface area contributed by atoms with Gasteiger partial charge >= 0.3 is 0 Å². The third-order valence-corrected chi connectivity index (χ3v) is 4.59. The Bertz CT molecular complexity index is 309. The van der Waals surface area contributed by atoms with E-state index >= 15 is 0 Å². The maximum atomic E-state index is 6.21. The van der Waals surface area contributed by atoms with Crippen molar-refractivity contribution in [1.29, 1.82) is 0 Å². The van der Waals surface area contributed by atoms with E-state index in [0.29, 0.717) is 5.92 Å². The van der Waals surface area contributed by atoms with Gasteiger partial charge in [-0.25, -0.2) is 5.43 Å². The van der Waals surface area contributed by atoms with Crippen LogP contribution in [0.2, 0.25) is 0 Å². The van der Waals surface area contributed by atoms with Crippen LogP contribution in [0.3, 0.4) is 0 Å². The molecule has 0 aromatic rings. The van der Waals surface area contributed by atoms with Crippen molar-refractivity contribution in [3.8, 4) is 0 Å². The van der Waals surface area contributed by atoms with Crippen LogP contribution in [0, 0.1) is 11.3 Å². The standard InChI is InChI=1S/C15H34N4.C2H6/c1-11(2)13(3,4)12(19-17-9)10-18-15(7,8)14(5,6)16;1-2/h10-11,17-19H,16H2,1-9H3;1-2H3/b12-10-;. The predicted octanol–water partition coefficient (Wildman–Crippen LogP) is 3.37. The molecule has 0 saturated carbocycles. The minimum atomic E-state index is -0.309. The first-order valence-corrected chi connectivity index (χ1v) is 8.06. The third-order valence-electron chi connectivity index (χ3n) is 4.59. The second kappa shape index (κ2) is 8.64. The van der Waals surface area contributed by atoms with Crippen LogP contribution in [-0.4, -0.2) is 18.1 Å². The van der Waals surface area contributed by atoms with Crippen LogP contribution in [0.4, 0.5) is 0 Å². The van der Waals surface area contributed by atoms with Crippen molar-refractivity contribution in [3.05, 3.63) is 11.9 Å². The lowest BCUT2D eigenvalue weighted by molar-refractivity contribution is 0.255. The summed E-state index contributed by atoms with van der Waals surface area (Å²) in [6.07, 6.45) is 2.05. The van der Waals surface area contributed by atoms with E-state index in [9.17, 15) is 0 Å². The fraction of sp³-hybridized carbons (Fsp3) is 0.882. The van der Waals surface area contributed by atoms with Gasteiger partial charge in [-0.05, 0) is 33.6 Å². The van der Waals surface area contributed by atoms with Crippen LogP contribution in [0.25, 0.3) is 0 Å². The maximum Gasteiger partial charge on any atom is 0.0486 e. The lowest BCUT2D eigenvalue weighted by atomic mass is 9.78. The summed E-state index contributed by atoms with van der Waals surface area (Å²) in [5.74, 6) is 0.524. The van der Waals surface area contributed by atoms with Gasteiger partial charge in [0.25, 0.3) is 0 Å². The number of allylic oxidation sites excluding steroid dienone is 1. The molecule has 0 aromatic heterocycles. The van der Waals surface area contributed by atoms with E-state index in [4.69, 9.17) is 5.73 Å². The monoisotopic (exact) mass is 300 g/mol. The van der Waals surface area contributed by atoms with Crippen molar-refractivity contribution in [2.24, 2.45) is 17.1 Å². The van der Waals surface area contributed by atoms with Gasteiger partial charge in [0.15, 0.2) is 0 Å². The van der Waals surface area contributed by atoms with Gasteiger partial charge < -0.3 is 16.5 Å². The largest absolute Gasteiger partial charge is 0.383 e. The predicted molar refractivity (Wildman–Crippen MR) is 95.7 cm³/mol. The number of rotatable bonds is 7. The van der Waals surface area contributed by atoms with Crippen molar-refractivity contribution in [1.82, 2.24) is 16.2 Å². The normalized spacial score (nSPS) is 13.7. The molecule has 4 nitrogen and oxygen atoms in total. The Morgan fingerprint density at radius 1 is 1.00 bits per heavy atom. The molecule has 21 heavy (non-hydrogen) atoms.